The molecule has 0 radical (unpaired) electrons. The third kappa shape index (κ3) is 3.92. The topological polar surface area (TPSA) is 60.2 Å². The molecule has 2 N–H and O–H groups in total. The Balaban J connectivity index is 1.50. The summed E-state index contributed by atoms with van der Waals surface area (Å²) in [6.07, 6.45) is 13.0. The van der Waals surface area contributed by atoms with E-state index in [1.165, 1.54) is 37.7 Å². The molecule has 4 nitrogen and oxygen atoms in total. The lowest BCUT2D eigenvalue weighted by atomic mass is 9.75. The van der Waals surface area contributed by atoms with Gasteiger partial charge in [-0.2, -0.15) is 5.26 Å². The summed E-state index contributed by atoms with van der Waals surface area (Å²) in [6, 6.07) is 6.23. The van der Waals surface area contributed by atoms with Crippen molar-refractivity contribution in [3.05, 3.63) is 35.9 Å². The zero-order valence-corrected chi connectivity index (χ0v) is 17.9. The number of hydrogen-bond acceptors (Lipinski definition) is 2. The minimum atomic E-state index is 0.425. The molecule has 5 rings (SSSR count). The van der Waals surface area contributed by atoms with Crippen LogP contribution in [0.4, 0.5) is 5.69 Å². The number of nitriles is 1. The van der Waals surface area contributed by atoms with E-state index in [-0.39, 0.29) is 0 Å². The number of nitrogens with one attached hydrogen (secondary N) is 2. The van der Waals surface area contributed by atoms with Crippen LogP contribution in [0.15, 0.2) is 29.8 Å². The molecule has 29 heavy (non-hydrogen) atoms. The molecule has 0 amide bonds. The van der Waals surface area contributed by atoms with E-state index in [9.17, 15) is 5.26 Å². The summed E-state index contributed by atoms with van der Waals surface area (Å²) in [7, 11) is 0. The summed E-state index contributed by atoms with van der Waals surface area (Å²) in [6.45, 7) is 9.42. The van der Waals surface area contributed by atoms with Crippen LogP contribution in [0.25, 0.3) is 6.08 Å². The highest BCUT2D eigenvalue weighted by Crippen LogP contribution is 2.65. The van der Waals surface area contributed by atoms with Crippen LogP contribution in [0.2, 0.25) is 0 Å². The lowest BCUT2D eigenvalue weighted by molar-refractivity contribution is 0.202. The van der Waals surface area contributed by atoms with Crippen molar-refractivity contribution in [3.8, 4) is 6.19 Å². The van der Waals surface area contributed by atoms with Crippen molar-refractivity contribution >= 4 is 17.7 Å². The summed E-state index contributed by atoms with van der Waals surface area (Å²) >= 11 is 0. The van der Waals surface area contributed by atoms with Gasteiger partial charge >= 0.3 is 0 Å². The molecule has 154 valence electrons. The number of guanidine groups is 1. The predicted octanol–water partition coefficient (Wildman–Crippen LogP) is 5.58. The maximum Gasteiger partial charge on any atom is 0.211 e. The van der Waals surface area contributed by atoms with Crippen molar-refractivity contribution in [1.82, 2.24) is 5.32 Å². The summed E-state index contributed by atoms with van der Waals surface area (Å²) < 4.78 is 0. The van der Waals surface area contributed by atoms with Gasteiger partial charge in [0.1, 0.15) is 0 Å². The summed E-state index contributed by atoms with van der Waals surface area (Å²) in [5.74, 6) is 3.91. The van der Waals surface area contributed by atoms with Crippen molar-refractivity contribution in [2.24, 2.45) is 34.1 Å². The minimum Gasteiger partial charge on any atom is -0.355 e. The number of nitrogens with zero attached hydrogens (tertiary/aromatic N) is 2. The molecule has 4 aliphatic rings. The highest BCUT2D eigenvalue weighted by molar-refractivity contribution is 5.95. The first-order valence-electron chi connectivity index (χ1n) is 11.3. The fourth-order valence-electron chi connectivity index (χ4n) is 6.44. The van der Waals surface area contributed by atoms with Crippen LogP contribution in [0, 0.1) is 40.5 Å². The molecule has 1 aromatic rings. The molecule has 3 unspecified atom stereocenters. The van der Waals surface area contributed by atoms with Gasteiger partial charge in [-0.25, -0.2) is 0 Å². The number of hydrogen-bond donors (Lipinski definition) is 2. The van der Waals surface area contributed by atoms with Crippen LogP contribution < -0.4 is 10.6 Å². The van der Waals surface area contributed by atoms with E-state index < -0.39 is 0 Å². The standard InChI is InChI=1S/C25H34N4/c1-4-17(3)9-22-20(5-2)7-6-8-23(22)29-24(28-16-26)27-15-25-13-18-10-19(14-25)12-21(25)11-18/h5-8,17-19,21H,2,4,9-15H2,1,3H3,(H2,27,28,29). The molecule has 0 saturated heterocycles. The summed E-state index contributed by atoms with van der Waals surface area (Å²) in [5.41, 5.74) is 3.85. The second kappa shape index (κ2) is 8.22. The molecule has 4 fully saturated rings. The fraction of sp³-hybridized carbons (Fsp3) is 0.600. The normalized spacial score (nSPS) is 30.8. The van der Waals surface area contributed by atoms with E-state index in [1.54, 1.807) is 0 Å². The molecule has 4 bridgehead atoms. The quantitative estimate of drug-likeness (QED) is 0.363. The van der Waals surface area contributed by atoms with Gasteiger partial charge in [-0.15, -0.1) is 4.99 Å². The Kier molecular flexibility index (Phi) is 5.67. The van der Waals surface area contributed by atoms with Gasteiger partial charge in [-0.1, -0.05) is 45.1 Å². The summed E-state index contributed by atoms with van der Waals surface area (Å²) in [4.78, 5) is 4.09. The average Bonchev–Trinajstić information content (AvgIpc) is 3.11. The zero-order valence-electron chi connectivity index (χ0n) is 17.9. The minimum absolute atomic E-state index is 0.425. The monoisotopic (exact) mass is 390 g/mol. The first kappa shape index (κ1) is 20.0. The Labute approximate surface area is 175 Å². The smallest absolute Gasteiger partial charge is 0.211 e. The maximum absolute atomic E-state index is 9.26. The second-order valence-electron chi connectivity index (χ2n) is 9.74. The van der Waals surface area contributed by atoms with Gasteiger partial charge < -0.3 is 10.6 Å². The van der Waals surface area contributed by atoms with Crippen molar-refractivity contribution in [1.29, 1.82) is 5.26 Å². The molecule has 4 saturated carbocycles. The van der Waals surface area contributed by atoms with Crippen LogP contribution in [0.3, 0.4) is 0 Å². The molecule has 0 spiro atoms. The zero-order chi connectivity index (χ0) is 20.4. The number of rotatable bonds is 7. The third-order valence-electron chi connectivity index (χ3n) is 7.86. The van der Waals surface area contributed by atoms with E-state index in [2.05, 4.69) is 48.2 Å². The molecule has 4 aliphatic carbocycles. The van der Waals surface area contributed by atoms with E-state index in [0.29, 0.717) is 17.3 Å². The Morgan fingerprint density at radius 2 is 2.10 bits per heavy atom. The van der Waals surface area contributed by atoms with E-state index in [1.807, 2.05) is 18.3 Å². The van der Waals surface area contributed by atoms with Gasteiger partial charge in [0.15, 0.2) is 0 Å². The fourth-order valence-corrected chi connectivity index (χ4v) is 6.44. The largest absolute Gasteiger partial charge is 0.355 e. The van der Waals surface area contributed by atoms with Gasteiger partial charge in [0.2, 0.25) is 12.2 Å². The van der Waals surface area contributed by atoms with Crippen LogP contribution in [0.5, 0.6) is 0 Å². The van der Waals surface area contributed by atoms with Gasteiger partial charge in [0, 0.05) is 12.2 Å². The number of aliphatic imine (C=N–C) groups is 1. The van der Waals surface area contributed by atoms with Gasteiger partial charge in [0.25, 0.3) is 0 Å². The molecule has 4 heteroatoms. The van der Waals surface area contributed by atoms with Gasteiger partial charge in [-0.3, -0.25) is 0 Å². The maximum atomic E-state index is 9.26. The lowest BCUT2D eigenvalue weighted by Crippen LogP contribution is -2.41. The second-order valence-corrected chi connectivity index (χ2v) is 9.74. The van der Waals surface area contributed by atoms with Crippen LogP contribution in [-0.2, 0) is 6.42 Å². The molecule has 3 atom stereocenters. The van der Waals surface area contributed by atoms with Gasteiger partial charge in [-0.05, 0) is 84.8 Å². The lowest BCUT2D eigenvalue weighted by Gasteiger charge is -2.33. The van der Waals surface area contributed by atoms with Crippen LogP contribution in [0.1, 0.15) is 63.5 Å². The first-order valence-corrected chi connectivity index (χ1v) is 11.3. The Hall–Kier alpha value is -2.28. The van der Waals surface area contributed by atoms with Crippen molar-refractivity contribution in [2.75, 3.05) is 11.9 Å². The highest BCUT2D eigenvalue weighted by atomic mass is 15.2. The van der Waals surface area contributed by atoms with Crippen LogP contribution >= 0.6 is 0 Å². The average molecular weight is 391 g/mol. The predicted molar refractivity (Wildman–Crippen MR) is 120 cm³/mol. The van der Waals surface area contributed by atoms with Crippen molar-refractivity contribution < 1.29 is 0 Å². The first-order chi connectivity index (χ1) is 14.1. The van der Waals surface area contributed by atoms with E-state index >= 15 is 0 Å². The third-order valence-corrected chi connectivity index (χ3v) is 7.86. The van der Waals surface area contributed by atoms with Crippen LogP contribution in [-0.4, -0.2) is 12.5 Å². The van der Waals surface area contributed by atoms with Gasteiger partial charge in [0.05, 0.1) is 0 Å². The Morgan fingerprint density at radius 3 is 2.76 bits per heavy atom. The molecule has 0 heterocycles. The van der Waals surface area contributed by atoms with Crippen molar-refractivity contribution in [2.45, 2.75) is 58.8 Å². The molecular weight excluding hydrogens is 356 g/mol. The molecule has 1 aromatic carbocycles. The number of benzene rings is 1. The number of anilines is 1. The highest BCUT2D eigenvalue weighted by Gasteiger charge is 2.57. The van der Waals surface area contributed by atoms with E-state index in [4.69, 9.17) is 0 Å². The van der Waals surface area contributed by atoms with Crippen molar-refractivity contribution in [3.63, 3.8) is 0 Å². The molecule has 0 aliphatic heterocycles. The Morgan fingerprint density at radius 1 is 1.34 bits per heavy atom. The Bertz CT molecular complexity index is 820. The summed E-state index contributed by atoms with van der Waals surface area (Å²) in [5, 5.41) is 16.2. The SMILES string of the molecule is C=Cc1cccc(N/C(=N/C#N)NCC23CC4CC(CC2C4)C3)c1CC(C)CC. The molecule has 0 aromatic heterocycles. The molecular formula is C25H34N4. The van der Waals surface area contributed by atoms with E-state index in [0.717, 1.165) is 48.4 Å².